The normalized spacial score (nSPS) is 31.8. The van der Waals surface area contributed by atoms with Crippen molar-refractivity contribution in [1.29, 1.82) is 0 Å². The van der Waals surface area contributed by atoms with Gasteiger partial charge in [0.1, 0.15) is 0 Å². The molecule has 0 aromatic carbocycles. The van der Waals surface area contributed by atoms with Crippen molar-refractivity contribution in [2.24, 2.45) is 11.7 Å². The summed E-state index contributed by atoms with van der Waals surface area (Å²) in [7, 11) is 0. The Morgan fingerprint density at radius 1 is 1.47 bits per heavy atom. The van der Waals surface area contributed by atoms with Crippen LogP contribution < -0.4 is 5.73 Å². The number of nitrogens with zero attached hydrogens (tertiary/aromatic N) is 1. The van der Waals surface area contributed by atoms with Crippen LogP contribution in [0.25, 0.3) is 0 Å². The van der Waals surface area contributed by atoms with Crippen molar-refractivity contribution in [3.05, 3.63) is 0 Å². The molecule has 1 rings (SSSR count). The Kier molecular flexibility index (Phi) is 5.03. The summed E-state index contributed by atoms with van der Waals surface area (Å²) in [5.74, 6) is 0.739. The standard InChI is InChI=1S/C12H26N2O/c1-4-5-11(13)12(8-15)14-7-9(2)6-10(14)3/h9-12,15H,4-8,13H2,1-3H3. The Bertz CT molecular complexity index is 186. The molecule has 15 heavy (non-hydrogen) atoms. The molecule has 1 heterocycles. The second kappa shape index (κ2) is 5.83. The average molecular weight is 214 g/mol. The minimum atomic E-state index is 0.118. The lowest BCUT2D eigenvalue weighted by Crippen LogP contribution is -2.51. The number of nitrogens with two attached hydrogens (primary N) is 1. The predicted molar refractivity (Wildman–Crippen MR) is 63.7 cm³/mol. The molecule has 3 nitrogen and oxygen atoms in total. The zero-order chi connectivity index (χ0) is 11.4. The van der Waals surface area contributed by atoms with E-state index in [9.17, 15) is 5.11 Å². The van der Waals surface area contributed by atoms with Crippen molar-refractivity contribution >= 4 is 0 Å². The van der Waals surface area contributed by atoms with Gasteiger partial charge in [-0.15, -0.1) is 0 Å². The third-order valence-corrected chi connectivity index (χ3v) is 3.56. The molecule has 0 radical (unpaired) electrons. The zero-order valence-electron chi connectivity index (χ0n) is 10.3. The van der Waals surface area contributed by atoms with Crippen molar-refractivity contribution in [1.82, 2.24) is 4.90 Å². The van der Waals surface area contributed by atoms with E-state index in [-0.39, 0.29) is 18.7 Å². The number of hydrogen-bond donors (Lipinski definition) is 2. The molecular formula is C12H26N2O. The summed E-state index contributed by atoms with van der Waals surface area (Å²) in [6.45, 7) is 7.94. The highest BCUT2D eigenvalue weighted by atomic mass is 16.3. The highest BCUT2D eigenvalue weighted by Gasteiger charge is 2.33. The minimum Gasteiger partial charge on any atom is -0.395 e. The Hall–Kier alpha value is -0.120. The van der Waals surface area contributed by atoms with E-state index < -0.39 is 0 Å². The molecule has 3 heteroatoms. The molecule has 0 aromatic heterocycles. The highest BCUT2D eigenvalue weighted by Crippen LogP contribution is 2.25. The average Bonchev–Trinajstić information content (AvgIpc) is 2.47. The van der Waals surface area contributed by atoms with Crippen LogP contribution in [0, 0.1) is 5.92 Å². The van der Waals surface area contributed by atoms with E-state index in [1.54, 1.807) is 0 Å². The summed E-state index contributed by atoms with van der Waals surface area (Å²) in [5, 5.41) is 9.47. The van der Waals surface area contributed by atoms with E-state index in [1.807, 2.05) is 0 Å². The van der Waals surface area contributed by atoms with Crippen molar-refractivity contribution < 1.29 is 5.11 Å². The summed E-state index contributed by atoms with van der Waals surface area (Å²) >= 11 is 0. The Morgan fingerprint density at radius 3 is 2.53 bits per heavy atom. The maximum Gasteiger partial charge on any atom is 0.0602 e. The van der Waals surface area contributed by atoms with Crippen LogP contribution in [0.3, 0.4) is 0 Å². The van der Waals surface area contributed by atoms with Gasteiger partial charge in [-0.1, -0.05) is 20.3 Å². The second-order valence-corrected chi connectivity index (χ2v) is 5.09. The van der Waals surface area contributed by atoms with E-state index in [1.165, 1.54) is 6.42 Å². The molecule has 3 N–H and O–H groups in total. The van der Waals surface area contributed by atoms with E-state index in [4.69, 9.17) is 5.73 Å². The van der Waals surface area contributed by atoms with Crippen LogP contribution in [-0.2, 0) is 0 Å². The first kappa shape index (κ1) is 12.9. The molecule has 4 atom stereocenters. The minimum absolute atomic E-state index is 0.118. The highest BCUT2D eigenvalue weighted by molar-refractivity contribution is 4.90. The van der Waals surface area contributed by atoms with Gasteiger partial charge in [0.2, 0.25) is 0 Å². The van der Waals surface area contributed by atoms with Crippen LogP contribution >= 0.6 is 0 Å². The topological polar surface area (TPSA) is 49.5 Å². The van der Waals surface area contributed by atoms with Gasteiger partial charge in [0.05, 0.1) is 6.61 Å². The Labute approximate surface area is 93.6 Å². The van der Waals surface area contributed by atoms with Gasteiger partial charge in [-0.2, -0.15) is 0 Å². The summed E-state index contributed by atoms with van der Waals surface area (Å²) < 4.78 is 0. The van der Waals surface area contributed by atoms with Crippen LogP contribution in [0.4, 0.5) is 0 Å². The van der Waals surface area contributed by atoms with Crippen molar-refractivity contribution in [2.45, 2.75) is 58.2 Å². The molecule has 1 fully saturated rings. The van der Waals surface area contributed by atoms with Gasteiger partial charge in [-0.3, -0.25) is 4.90 Å². The molecule has 0 aromatic rings. The fraction of sp³-hybridized carbons (Fsp3) is 1.00. The Balaban J connectivity index is 2.57. The second-order valence-electron chi connectivity index (χ2n) is 5.09. The van der Waals surface area contributed by atoms with Gasteiger partial charge < -0.3 is 10.8 Å². The molecule has 1 aliphatic rings. The SMILES string of the molecule is CCCC(N)C(CO)N1CC(C)CC1C. The summed E-state index contributed by atoms with van der Waals surface area (Å²) in [4.78, 5) is 2.39. The smallest absolute Gasteiger partial charge is 0.0602 e. The molecule has 0 aliphatic carbocycles. The largest absolute Gasteiger partial charge is 0.395 e. The van der Waals surface area contributed by atoms with E-state index in [2.05, 4.69) is 25.7 Å². The number of rotatable bonds is 5. The van der Waals surface area contributed by atoms with Gasteiger partial charge in [-0.05, 0) is 25.7 Å². The van der Waals surface area contributed by atoms with Gasteiger partial charge in [-0.25, -0.2) is 0 Å². The third kappa shape index (κ3) is 3.16. The van der Waals surface area contributed by atoms with Crippen LogP contribution in [0.1, 0.15) is 40.0 Å². The molecule has 0 saturated carbocycles. The molecule has 4 unspecified atom stereocenters. The summed E-state index contributed by atoms with van der Waals surface area (Å²) in [6.07, 6.45) is 3.33. The summed E-state index contributed by atoms with van der Waals surface area (Å²) in [5.41, 5.74) is 6.12. The predicted octanol–water partition coefficient (Wildman–Crippen LogP) is 1.20. The first-order valence-corrected chi connectivity index (χ1v) is 6.22. The molecule has 0 spiro atoms. The fourth-order valence-corrected chi connectivity index (χ4v) is 2.81. The number of likely N-dealkylation sites (tertiary alicyclic amines) is 1. The van der Waals surface area contributed by atoms with Gasteiger partial charge in [0, 0.05) is 24.7 Å². The summed E-state index contributed by atoms with van der Waals surface area (Å²) in [6, 6.07) is 0.845. The van der Waals surface area contributed by atoms with Crippen LogP contribution in [-0.4, -0.2) is 41.3 Å². The first-order chi connectivity index (χ1) is 7.10. The molecule has 0 amide bonds. The molecular weight excluding hydrogens is 188 g/mol. The molecule has 1 saturated heterocycles. The lowest BCUT2D eigenvalue weighted by Gasteiger charge is -2.34. The molecule has 0 bridgehead atoms. The quantitative estimate of drug-likeness (QED) is 0.723. The number of aliphatic hydroxyl groups is 1. The van der Waals surface area contributed by atoms with Crippen LogP contribution in [0.15, 0.2) is 0 Å². The van der Waals surface area contributed by atoms with E-state index >= 15 is 0 Å². The first-order valence-electron chi connectivity index (χ1n) is 6.22. The zero-order valence-corrected chi connectivity index (χ0v) is 10.3. The van der Waals surface area contributed by atoms with E-state index in [0.29, 0.717) is 6.04 Å². The maximum atomic E-state index is 9.47. The van der Waals surface area contributed by atoms with Crippen LogP contribution in [0.2, 0.25) is 0 Å². The van der Waals surface area contributed by atoms with Crippen molar-refractivity contribution in [3.8, 4) is 0 Å². The monoisotopic (exact) mass is 214 g/mol. The van der Waals surface area contributed by atoms with E-state index in [0.717, 1.165) is 25.3 Å². The molecule has 1 aliphatic heterocycles. The number of hydrogen-bond acceptors (Lipinski definition) is 3. The van der Waals surface area contributed by atoms with Crippen molar-refractivity contribution in [2.75, 3.05) is 13.2 Å². The lowest BCUT2D eigenvalue weighted by molar-refractivity contribution is 0.0946. The van der Waals surface area contributed by atoms with Gasteiger partial charge in [0.25, 0.3) is 0 Å². The Morgan fingerprint density at radius 2 is 2.13 bits per heavy atom. The van der Waals surface area contributed by atoms with Crippen LogP contribution in [0.5, 0.6) is 0 Å². The molecule has 90 valence electrons. The fourth-order valence-electron chi connectivity index (χ4n) is 2.81. The third-order valence-electron chi connectivity index (χ3n) is 3.56. The van der Waals surface area contributed by atoms with Gasteiger partial charge >= 0.3 is 0 Å². The number of aliphatic hydroxyl groups excluding tert-OH is 1. The lowest BCUT2D eigenvalue weighted by atomic mass is 10.0. The maximum absolute atomic E-state index is 9.47. The van der Waals surface area contributed by atoms with Crippen molar-refractivity contribution in [3.63, 3.8) is 0 Å². The van der Waals surface area contributed by atoms with Gasteiger partial charge in [0.15, 0.2) is 0 Å².